The van der Waals surface area contributed by atoms with Crippen LogP contribution in [0, 0.1) is 0 Å². The second-order valence-corrected chi connectivity index (χ2v) is 4.50. The van der Waals surface area contributed by atoms with Crippen LogP contribution in [0.4, 0.5) is 5.13 Å². The summed E-state index contributed by atoms with van der Waals surface area (Å²) >= 11 is 1.74. The maximum absolute atomic E-state index is 5.02. The Morgan fingerprint density at radius 2 is 2.40 bits per heavy atom. The Morgan fingerprint density at radius 3 is 3.07 bits per heavy atom. The molecule has 1 N–H and O–H groups in total. The number of methoxy groups -OCH3 is 1. The van der Waals surface area contributed by atoms with E-state index in [2.05, 4.69) is 22.2 Å². The molecule has 0 aromatic carbocycles. The molecule has 1 aromatic rings. The van der Waals surface area contributed by atoms with Gasteiger partial charge in [0, 0.05) is 44.9 Å². The predicted molar refractivity (Wildman–Crippen MR) is 64.6 cm³/mol. The highest BCUT2D eigenvalue weighted by atomic mass is 32.1. The number of rotatable bonds is 7. The van der Waals surface area contributed by atoms with Crippen molar-refractivity contribution in [3.63, 3.8) is 0 Å². The molecule has 0 bridgehead atoms. The highest BCUT2D eigenvalue weighted by Gasteiger charge is 2.05. The zero-order chi connectivity index (χ0) is 11.1. The second-order valence-electron chi connectivity index (χ2n) is 3.41. The molecule has 4 nitrogen and oxygen atoms in total. The van der Waals surface area contributed by atoms with Gasteiger partial charge in [-0.3, -0.25) is 0 Å². The smallest absolute Gasteiger partial charge is 0.185 e. The van der Waals surface area contributed by atoms with Crippen molar-refractivity contribution in [2.75, 3.05) is 39.3 Å². The lowest BCUT2D eigenvalue weighted by atomic mass is 10.4. The number of ether oxygens (including phenoxy) is 1. The second kappa shape index (κ2) is 6.76. The van der Waals surface area contributed by atoms with Gasteiger partial charge in [-0.05, 0) is 13.5 Å². The van der Waals surface area contributed by atoms with E-state index >= 15 is 0 Å². The molecule has 0 aliphatic rings. The lowest BCUT2D eigenvalue weighted by molar-refractivity contribution is 0.196. The Hall–Kier alpha value is -0.650. The Bertz CT molecular complexity index is 277. The van der Waals surface area contributed by atoms with Crippen molar-refractivity contribution in [1.29, 1.82) is 0 Å². The third-order valence-corrected chi connectivity index (χ3v) is 3.17. The first-order valence-corrected chi connectivity index (χ1v) is 5.89. The minimum absolute atomic E-state index is 0.805. The van der Waals surface area contributed by atoms with Crippen molar-refractivity contribution >= 4 is 16.5 Å². The van der Waals surface area contributed by atoms with Crippen molar-refractivity contribution < 1.29 is 4.74 Å². The lowest BCUT2D eigenvalue weighted by Crippen LogP contribution is -2.19. The van der Waals surface area contributed by atoms with Crippen LogP contribution < -0.4 is 10.2 Å². The van der Waals surface area contributed by atoms with E-state index in [0.717, 1.165) is 31.2 Å². The zero-order valence-electron chi connectivity index (χ0n) is 9.62. The Labute approximate surface area is 95.3 Å². The maximum Gasteiger partial charge on any atom is 0.185 e. The van der Waals surface area contributed by atoms with Crippen molar-refractivity contribution in [2.24, 2.45) is 0 Å². The standard InChI is InChI=1S/C10H19N3OS/c1-11-7-9-8-12-10(15-9)13(2)5-4-6-14-3/h8,11H,4-7H2,1-3H3. The van der Waals surface area contributed by atoms with Crippen LogP contribution in [-0.2, 0) is 11.3 Å². The number of aromatic nitrogens is 1. The van der Waals surface area contributed by atoms with E-state index < -0.39 is 0 Å². The highest BCUT2D eigenvalue weighted by molar-refractivity contribution is 7.15. The molecule has 0 fully saturated rings. The number of hydrogen-bond donors (Lipinski definition) is 1. The van der Waals surface area contributed by atoms with Gasteiger partial charge in [0.1, 0.15) is 0 Å². The first-order chi connectivity index (χ1) is 7.27. The molecule has 0 saturated carbocycles. The average molecular weight is 229 g/mol. The van der Waals surface area contributed by atoms with Gasteiger partial charge in [0.2, 0.25) is 0 Å². The fraction of sp³-hybridized carbons (Fsp3) is 0.700. The van der Waals surface area contributed by atoms with Crippen LogP contribution in [0.3, 0.4) is 0 Å². The first kappa shape index (κ1) is 12.4. The average Bonchev–Trinajstić information content (AvgIpc) is 2.67. The van der Waals surface area contributed by atoms with Gasteiger partial charge in [-0.15, -0.1) is 11.3 Å². The zero-order valence-corrected chi connectivity index (χ0v) is 10.4. The summed E-state index contributed by atoms with van der Waals surface area (Å²) < 4.78 is 5.02. The van der Waals surface area contributed by atoms with Crippen LogP contribution in [0.25, 0.3) is 0 Å². The molecule has 0 aliphatic heterocycles. The Kier molecular flexibility index (Phi) is 5.60. The molecule has 0 aliphatic carbocycles. The Morgan fingerprint density at radius 1 is 1.60 bits per heavy atom. The molecule has 0 amide bonds. The molecule has 1 rings (SSSR count). The number of anilines is 1. The van der Waals surface area contributed by atoms with Crippen LogP contribution >= 0.6 is 11.3 Å². The fourth-order valence-corrected chi connectivity index (χ4v) is 2.18. The van der Waals surface area contributed by atoms with Crippen LogP contribution in [0.2, 0.25) is 0 Å². The summed E-state index contributed by atoms with van der Waals surface area (Å²) in [5.41, 5.74) is 0. The van der Waals surface area contributed by atoms with E-state index in [-0.39, 0.29) is 0 Å². The summed E-state index contributed by atoms with van der Waals surface area (Å²) in [6, 6.07) is 0. The van der Waals surface area contributed by atoms with Gasteiger partial charge in [0.25, 0.3) is 0 Å². The van der Waals surface area contributed by atoms with Crippen LogP contribution in [0.15, 0.2) is 6.20 Å². The summed E-state index contributed by atoms with van der Waals surface area (Å²) in [5.74, 6) is 0. The molecule has 1 heterocycles. The molecular weight excluding hydrogens is 210 g/mol. The third-order valence-electron chi connectivity index (χ3n) is 2.06. The third kappa shape index (κ3) is 4.15. The Balaban J connectivity index is 2.39. The van der Waals surface area contributed by atoms with E-state index in [4.69, 9.17) is 4.74 Å². The SMILES string of the molecule is CNCc1cnc(N(C)CCCOC)s1. The van der Waals surface area contributed by atoms with E-state index in [1.807, 2.05) is 13.2 Å². The summed E-state index contributed by atoms with van der Waals surface area (Å²) in [5, 5.41) is 4.20. The van der Waals surface area contributed by atoms with Gasteiger partial charge < -0.3 is 15.0 Å². The first-order valence-electron chi connectivity index (χ1n) is 5.07. The van der Waals surface area contributed by atoms with E-state index in [9.17, 15) is 0 Å². The quantitative estimate of drug-likeness (QED) is 0.716. The minimum Gasteiger partial charge on any atom is -0.385 e. The van der Waals surface area contributed by atoms with Crippen molar-refractivity contribution in [3.8, 4) is 0 Å². The molecule has 0 radical (unpaired) electrons. The topological polar surface area (TPSA) is 37.4 Å². The van der Waals surface area contributed by atoms with E-state index in [1.54, 1.807) is 18.4 Å². The van der Waals surface area contributed by atoms with Gasteiger partial charge in [0.15, 0.2) is 5.13 Å². The normalized spacial score (nSPS) is 10.6. The van der Waals surface area contributed by atoms with Gasteiger partial charge in [0.05, 0.1) is 0 Å². The predicted octanol–water partition coefficient (Wildman–Crippen LogP) is 1.34. The number of thiazole rings is 1. The largest absolute Gasteiger partial charge is 0.385 e. The highest BCUT2D eigenvalue weighted by Crippen LogP contribution is 2.21. The number of hydrogen-bond acceptors (Lipinski definition) is 5. The summed E-state index contributed by atoms with van der Waals surface area (Å²) in [6.07, 6.45) is 2.97. The number of nitrogens with zero attached hydrogens (tertiary/aromatic N) is 2. The van der Waals surface area contributed by atoms with Gasteiger partial charge in [-0.1, -0.05) is 0 Å². The van der Waals surface area contributed by atoms with Crippen LogP contribution in [0.1, 0.15) is 11.3 Å². The molecule has 1 aromatic heterocycles. The summed E-state index contributed by atoms with van der Waals surface area (Å²) in [7, 11) is 5.74. The molecule has 86 valence electrons. The van der Waals surface area contributed by atoms with E-state index in [0.29, 0.717) is 0 Å². The van der Waals surface area contributed by atoms with Gasteiger partial charge in [-0.25, -0.2) is 4.98 Å². The molecule has 0 saturated heterocycles. The molecule has 0 spiro atoms. The van der Waals surface area contributed by atoms with Gasteiger partial charge in [-0.2, -0.15) is 0 Å². The van der Waals surface area contributed by atoms with E-state index in [1.165, 1.54) is 4.88 Å². The molecule has 0 atom stereocenters. The molecule has 15 heavy (non-hydrogen) atoms. The molecular formula is C10H19N3OS. The van der Waals surface area contributed by atoms with Crippen molar-refractivity contribution in [1.82, 2.24) is 10.3 Å². The maximum atomic E-state index is 5.02. The molecule has 5 heteroatoms. The lowest BCUT2D eigenvalue weighted by Gasteiger charge is -2.14. The van der Waals surface area contributed by atoms with Crippen LogP contribution in [-0.4, -0.2) is 39.3 Å². The van der Waals surface area contributed by atoms with Crippen molar-refractivity contribution in [3.05, 3.63) is 11.1 Å². The monoisotopic (exact) mass is 229 g/mol. The summed E-state index contributed by atoms with van der Waals surface area (Å²) in [4.78, 5) is 7.82. The van der Waals surface area contributed by atoms with Crippen molar-refractivity contribution in [2.45, 2.75) is 13.0 Å². The fourth-order valence-electron chi connectivity index (χ4n) is 1.27. The van der Waals surface area contributed by atoms with Crippen LogP contribution in [0.5, 0.6) is 0 Å². The molecule has 0 unspecified atom stereocenters. The van der Waals surface area contributed by atoms with Gasteiger partial charge >= 0.3 is 0 Å². The minimum atomic E-state index is 0.805. The summed E-state index contributed by atoms with van der Waals surface area (Å²) in [6.45, 7) is 2.68. The number of nitrogens with one attached hydrogen (secondary N) is 1.